The second-order valence-electron chi connectivity index (χ2n) is 10.7. The molecule has 1 unspecified atom stereocenters. The number of nitrogens with zero attached hydrogens (tertiary/aromatic N) is 8. The summed E-state index contributed by atoms with van der Waals surface area (Å²) in [5.74, 6) is -5.45. The summed E-state index contributed by atoms with van der Waals surface area (Å²) in [6, 6.07) is 0.0600. The lowest BCUT2D eigenvalue weighted by Crippen LogP contribution is -2.38. The van der Waals surface area contributed by atoms with Gasteiger partial charge in [-0.1, -0.05) is 0 Å². The maximum Gasteiger partial charge on any atom is 0.453 e. The molecule has 3 N–H and O–H groups in total. The predicted molar refractivity (Wildman–Crippen MR) is 136 cm³/mol. The molecular weight excluding hydrogens is 551 g/mol. The van der Waals surface area contributed by atoms with Gasteiger partial charge < -0.3 is 11.1 Å². The number of rotatable bonds is 7. The van der Waals surface area contributed by atoms with E-state index in [1.807, 2.05) is 20.0 Å². The second kappa shape index (κ2) is 8.88. The predicted octanol–water partition coefficient (Wildman–Crippen LogP) is 3.96. The van der Waals surface area contributed by atoms with Crippen LogP contribution >= 0.6 is 0 Å². The molecule has 4 aromatic heterocycles. The van der Waals surface area contributed by atoms with Crippen molar-refractivity contribution in [3.8, 4) is 11.5 Å². The zero-order chi connectivity index (χ0) is 29.5. The number of anilines is 2. The Morgan fingerprint density at radius 3 is 2.46 bits per heavy atom. The van der Waals surface area contributed by atoms with Crippen molar-refractivity contribution in [2.75, 3.05) is 11.1 Å². The van der Waals surface area contributed by atoms with Gasteiger partial charge in [0.2, 0.25) is 5.91 Å². The number of aromatic nitrogens is 8. The van der Waals surface area contributed by atoms with Crippen LogP contribution in [0.4, 0.5) is 33.6 Å². The van der Waals surface area contributed by atoms with Gasteiger partial charge in [-0.15, -0.1) is 0 Å². The molecule has 2 aliphatic rings. The van der Waals surface area contributed by atoms with Gasteiger partial charge >= 0.3 is 12.1 Å². The summed E-state index contributed by atoms with van der Waals surface area (Å²) >= 11 is 0. The molecule has 1 fully saturated rings. The number of hydrogen-bond donors (Lipinski definition) is 2. The van der Waals surface area contributed by atoms with Crippen molar-refractivity contribution in [2.45, 2.75) is 63.1 Å². The first-order valence-corrected chi connectivity index (χ1v) is 12.9. The maximum absolute atomic E-state index is 13.7. The number of nitrogens with two attached hydrogens (primary N) is 1. The molecule has 16 heteroatoms. The molecule has 216 valence electrons. The topological polar surface area (TPSA) is 142 Å². The molecule has 6 rings (SSSR count). The van der Waals surface area contributed by atoms with Crippen LogP contribution in [0.15, 0.2) is 18.6 Å². The summed E-state index contributed by atoms with van der Waals surface area (Å²) < 4.78 is 68.7. The number of alkyl halides is 5. The minimum Gasteiger partial charge on any atom is -0.383 e. The smallest absolute Gasteiger partial charge is 0.383 e. The molecule has 0 aromatic carbocycles. The Morgan fingerprint density at radius 1 is 1.10 bits per heavy atom. The van der Waals surface area contributed by atoms with E-state index in [0.29, 0.717) is 16.5 Å². The summed E-state index contributed by atoms with van der Waals surface area (Å²) in [4.78, 5) is 31.1. The average molecular weight is 577 g/mol. The van der Waals surface area contributed by atoms with Gasteiger partial charge in [-0.25, -0.2) is 19.9 Å². The van der Waals surface area contributed by atoms with Gasteiger partial charge in [0.25, 0.3) is 0 Å². The summed E-state index contributed by atoms with van der Waals surface area (Å²) in [5, 5.41) is 11.7. The van der Waals surface area contributed by atoms with E-state index in [9.17, 15) is 26.7 Å². The van der Waals surface area contributed by atoms with Crippen molar-refractivity contribution in [1.82, 2.24) is 39.5 Å². The summed E-state index contributed by atoms with van der Waals surface area (Å²) in [6.07, 6.45) is -1.59. The Labute approximate surface area is 229 Å². The molecule has 1 aliphatic carbocycles. The molecule has 5 heterocycles. The lowest BCUT2D eigenvalue weighted by atomic mass is 9.73. The van der Waals surface area contributed by atoms with E-state index in [1.165, 1.54) is 17.9 Å². The number of fused-ring (bicyclic) bond motifs is 2. The van der Waals surface area contributed by atoms with Crippen LogP contribution in [0, 0.1) is 5.92 Å². The van der Waals surface area contributed by atoms with Crippen LogP contribution in [0.3, 0.4) is 0 Å². The number of nitrogens with one attached hydrogen (secondary N) is 1. The SMILES string of the molecule is CC(C)n1cc(C2(C3CC3)C(=O)Nc3nc(-c4nc(CCC(F)(F)C(F)(F)F)nc5c4cnn5C)nc(N)c32)cn1. The van der Waals surface area contributed by atoms with Crippen LogP contribution in [-0.4, -0.2) is 57.5 Å². The van der Waals surface area contributed by atoms with Gasteiger partial charge in [-0.05, 0) is 32.6 Å². The van der Waals surface area contributed by atoms with E-state index in [-0.39, 0.29) is 52.5 Å². The Kier molecular flexibility index (Phi) is 5.84. The maximum atomic E-state index is 13.7. The van der Waals surface area contributed by atoms with Gasteiger partial charge in [-0.3, -0.25) is 14.2 Å². The van der Waals surface area contributed by atoms with Crippen molar-refractivity contribution in [2.24, 2.45) is 13.0 Å². The summed E-state index contributed by atoms with van der Waals surface area (Å²) in [5.41, 5.74) is 6.66. The van der Waals surface area contributed by atoms with Crippen LogP contribution in [0.25, 0.3) is 22.6 Å². The highest BCUT2D eigenvalue weighted by molar-refractivity contribution is 6.10. The molecule has 11 nitrogen and oxygen atoms in total. The third kappa shape index (κ3) is 4.10. The van der Waals surface area contributed by atoms with Crippen molar-refractivity contribution >= 4 is 28.6 Å². The molecule has 0 radical (unpaired) electrons. The fourth-order valence-electron chi connectivity index (χ4n) is 5.38. The van der Waals surface area contributed by atoms with E-state index < -0.39 is 30.4 Å². The van der Waals surface area contributed by atoms with Gasteiger partial charge in [0.15, 0.2) is 11.5 Å². The van der Waals surface area contributed by atoms with Crippen molar-refractivity contribution in [3.63, 3.8) is 0 Å². The third-order valence-electron chi connectivity index (χ3n) is 7.62. The minimum absolute atomic E-state index is 0.00774. The number of aryl methyl sites for hydroxylation is 2. The van der Waals surface area contributed by atoms with Crippen molar-refractivity contribution < 1.29 is 26.7 Å². The third-order valence-corrected chi connectivity index (χ3v) is 7.62. The highest BCUT2D eigenvalue weighted by Crippen LogP contribution is 2.57. The van der Waals surface area contributed by atoms with Crippen LogP contribution in [0.1, 0.15) is 56.1 Å². The number of halogens is 5. The van der Waals surface area contributed by atoms with Crippen molar-refractivity contribution in [3.05, 3.63) is 35.5 Å². The van der Waals surface area contributed by atoms with Gasteiger partial charge in [0, 0.05) is 37.7 Å². The number of carbonyl (C=O) groups is 1. The van der Waals surface area contributed by atoms with E-state index in [2.05, 4.69) is 35.5 Å². The molecule has 1 atom stereocenters. The molecule has 1 aliphatic heterocycles. The number of hydrogen-bond acceptors (Lipinski definition) is 8. The largest absolute Gasteiger partial charge is 0.453 e. The molecule has 0 saturated heterocycles. The molecule has 41 heavy (non-hydrogen) atoms. The lowest BCUT2D eigenvalue weighted by molar-refractivity contribution is -0.284. The fraction of sp³-hybridized carbons (Fsp3) is 0.480. The van der Waals surface area contributed by atoms with E-state index in [1.54, 1.807) is 10.9 Å². The highest BCUT2D eigenvalue weighted by Gasteiger charge is 2.60. The van der Waals surface area contributed by atoms with Gasteiger partial charge in [0.1, 0.15) is 28.6 Å². The minimum atomic E-state index is -5.71. The quantitative estimate of drug-likeness (QED) is 0.315. The van der Waals surface area contributed by atoms with Crippen LogP contribution < -0.4 is 11.1 Å². The molecule has 1 saturated carbocycles. The zero-order valence-electron chi connectivity index (χ0n) is 22.2. The van der Waals surface area contributed by atoms with Crippen molar-refractivity contribution in [1.29, 1.82) is 0 Å². The number of carbonyl (C=O) groups excluding carboxylic acids is 1. The van der Waals surface area contributed by atoms with E-state index in [0.717, 1.165) is 12.8 Å². The monoisotopic (exact) mass is 576 g/mol. The second-order valence-corrected chi connectivity index (χ2v) is 10.7. The molecule has 0 spiro atoms. The van der Waals surface area contributed by atoms with Crippen LogP contribution in [0.5, 0.6) is 0 Å². The van der Waals surface area contributed by atoms with E-state index >= 15 is 0 Å². The molecular formula is C25H25F5N10O. The Bertz CT molecular complexity index is 1690. The normalized spacial score (nSPS) is 19.3. The Balaban J connectivity index is 1.46. The first kappa shape index (κ1) is 27.0. The Morgan fingerprint density at radius 2 is 1.83 bits per heavy atom. The summed E-state index contributed by atoms with van der Waals surface area (Å²) in [7, 11) is 1.53. The Hall–Kier alpha value is -4.24. The fourth-order valence-corrected chi connectivity index (χ4v) is 5.38. The zero-order valence-corrected chi connectivity index (χ0v) is 22.2. The lowest BCUT2D eigenvalue weighted by Gasteiger charge is -2.26. The van der Waals surface area contributed by atoms with Crippen LogP contribution in [-0.2, 0) is 23.7 Å². The first-order valence-electron chi connectivity index (χ1n) is 12.9. The van der Waals surface area contributed by atoms with E-state index in [4.69, 9.17) is 5.73 Å². The van der Waals surface area contributed by atoms with Gasteiger partial charge in [-0.2, -0.15) is 32.1 Å². The first-order chi connectivity index (χ1) is 19.2. The molecule has 4 aromatic rings. The highest BCUT2D eigenvalue weighted by atomic mass is 19.4. The standard InChI is InChI=1S/C25H25F5N10O/c1-11(2)40-10-13(8-33-40)24(12-4-5-12)16-18(31)36-20(37-19(16)38-22(24)41)17-14-9-32-39(3)21(14)35-15(34-17)6-7-23(26,27)25(28,29)30/h8-12H,4-7H2,1-3H3,(H3,31,36,37,38,41). The van der Waals surface area contributed by atoms with Gasteiger partial charge in [0.05, 0.1) is 23.3 Å². The molecule has 1 amide bonds. The summed E-state index contributed by atoms with van der Waals surface area (Å²) in [6.45, 7) is 3.93. The molecule has 0 bridgehead atoms. The number of amides is 1. The van der Waals surface area contributed by atoms with Crippen LogP contribution in [0.2, 0.25) is 0 Å². The average Bonchev–Trinajstić information content (AvgIpc) is 3.36. The number of nitrogen functional groups attached to an aromatic ring is 1.